The zero-order valence-electron chi connectivity index (χ0n) is 17.9. The van der Waals surface area contributed by atoms with Gasteiger partial charge in [-0.25, -0.2) is 18.4 Å². The SMILES string of the molecule is CN(C)C(=O)c1ccc(Nc2nc(-c3ccc(S(C)(=O)=O)cc3)nc3ccccc23)cc1. The second kappa shape index (κ2) is 8.39. The minimum Gasteiger partial charge on any atom is -0.345 e. The minimum atomic E-state index is -3.28. The van der Waals surface area contributed by atoms with Gasteiger partial charge in [0.15, 0.2) is 15.7 Å². The summed E-state index contributed by atoms with van der Waals surface area (Å²) < 4.78 is 23.5. The molecule has 0 aliphatic carbocycles. The number of rotatable bonds is 5. The lowest BCUT2D eigenvalue weighted by Crippen LogP contribution is -2.21. The molecular weight excluding hydrogens is 424 g/mol. The maximum Gasteiger partial charge on any atom is 0.253 e. The largest absolute Gasteiger partial charge is 0.345 e. The lowest BCUT2D eigenvalue weighted by Gasteiger charge is -2.13. The molecule has 0 atom stereocenters. The number of carbonyl (C=O) groups excluding carboxylic acids is 1. The van der Waals surface area contributed by atoms with Crippen molar-refractivity contribution in [3.63, 3.8) is 0 Å². The van der Waals surface area contributed by atoms with E-state index in [9.17, 15) is 13.2 Å². The van der Waals surface area contributed by atoms with Crippen molar-refractivity contribution in [3.05, 3.63) is 78.4 Å². The highest BCUT2D eigenvalue weighted by molar-refractivity contribution is 7.90. The number of nitrogens with one attached hydrogen (secondary N) is 1. The number of carbonyl (C=O) groups is 1. The van der Waals surface area contributed by atoms with Gasteiger partial charge in [0.1, 0.15) is 5.82 Å². The molecule has 0 aliphatic heterocycles. The summed E-state index contributed by atoms with van der Waals surface area (Å²) in [4.78, 5) is 23.2. The zero-order chi connectivity index (χ0) is 22.9. The zero-order valence-corrected chi connectivity index (χ0v) is 18.7. The molecule has 4 rings (SSSR count). The van der Waals surface area contributed by atoms with Gasteiger partial charge in [-0.3, -0.25) is 4.79 Å². The molecule has 162 valence electrons. The molecule has 8 heteroatoms. The van der Waals surface area contributed by atoms with Crippen LogP contribution < -0.4 is 5.32 Å². The smallest absolute Gasteiger partial charge is 0.253 e. The normalized spacial score (nSPS) is 11.3. The minimum absolute atomic E-state index is 0.0659. The molecule has 1 heterocycles. The molecule has 0 radical (unpaired) electrons. The van der Waals surface area contributed by atoms with E-state index in [4.69, 9.17) is 4.98 Å². The Kier molecular flexibility index (Phi) is 5.63. The average molecular weight is 447 g/mol. The van der Waals surface area contributed by atoms with E-state index in [2.05, 4.69) is 10.3 Å². The molecule has 0 fully saturated rings. The van der Waals surface area contributed by atoms with Gasteiger partial charge in [-0.15, -0.1) is 0 Å². The summed E-state index contributed by atoms with van der Waals surface area (Å²) in [7, 11) is 0.147. The lowest BCUT2D eigenvalue weighted by molar-refractivity contribution is 0.0827. The van der Waals surface area contributed by atoms with Crippen LogP contribution in [0.5, 0.6) is 0 Å². The van der Waals surface area contributed by atoms with Crippen molar-refractivity contribution in [3.8, 4) is 11.4 Å². The van der Waals surface area contributed by atoms with Gasteiger partial charge >= 0.3 is 0 Å². The Balaban J connectivity index is 1.72. The Morgan fingerprint density at radius 1 is 0.875 bits per heavy atom. The average Bonchev–Trinajstić information content (AvgIpc) is 2.78. The molecule has 1 N–H and O–H groups in total. The second-order valence-corrected chi connectivity index (χ2v) is 9.63. The summed E-state index contributed by atoms with van der Waals surface area (Å²) in [6.45, 7) is 0. The number of sulfone groups is 1. The molecule has 0 spiro atoms. The standard InChI is InChI=1S/C24H22N4O3S/c1-28(2)24(29)17-8-12-18(13-9-17)25-23-20-6-4-5-7-21(20)26-22(27-23)16-10-14-19(15-11-16)32(3,30)31/h4-15H,1-3H3,(H,25,26,27). The number of nitrogens with zero attached hydrogens (tertiary/aromatic N) is 3. The van der Waals surface area contributed by atoms with Gasteiger partial charge in [0.05, 0.1) is 10.4 Å². The summed E-state index contributed by atoms with van der Waals surface area (Å²) in [5.41, 5.74) is 2.84. The number of aromatic nitrogens is 2. The van der Waals surface area contributed by atoms with Gasteiger partial charge in [-0.1, -0.05) is 12.1 Å². The monoisotopic (exact) mass is 446 g/mol. The van der Waals surface area contributed by atoms with E-state index in [1.807, 2.05) is 36.4 Å². The predicted molar refractivity (Wildman–Crippen MR) is 126 cm³/mol. The molecule has 0 saturated carbocycles. The van der Waals surface area contributed by atoms with Crippen molar-refractivity contribution < 1.29 is 13.2 Å². The first kappa shape index (κ1) is 21.5. The molecule has 1 amide bonds. The fourth-order valence-electron chi connectivity index (χ4n) is 3.24. The first-order chi connectivity index (χ1) is 15.2. The Morgan fingerprint density at radius 2 is 1.53 bits per heavy atom. The Morgan fingerprint density at radius 3 is 2.16 bits per heavy atom. The van der Waals surface area contributed by atoms with Crippen molar-refractivity contribution >= 4 is 38.2 Å². The molecule has 0 bridgehead atoms. The van der Waals surface area contributed by atoms with Crippen molar-refractivity contribution in [2.45, 2.75) is 4.90 Å². The van der Waals surface area contributed by atoms with Gasteiger partial charge < -0.3 is 10.2 Å². The molecular formula is C24H22N4O3S. The quantitative estimate of drug-likeness (QED) is 0.495. The maximum absolute atomic E-state index is 12.1. The van der Waals surface area contributed by atoms with Crippen LogP contribution in [0.4, 0.5) is 11.5 Å². The van der Waals surface area contributed by atoms with E-state index in [1.54, 1.807) is 50.5 Å². The highest BCUT2D eigenvalue weighted by atomic mass is 32.2. The van der Waals surface area contributed by atoms with Crippen LogP contribution in [0.15, 0.2) is 77.7 Å². The fraction of sp³-hybridized carbons (Fsp3) is 0.125. The van der Waals surface area contributed by atoms with Crippen LogP contribution in [0.2, 0.25) is 0 Å². The van der Waals surface area contributed by atoms with Gasteiger partial charge in [0.2, 0.25) is 0 Å². The van der Waals surface area contributed by atoms with Crippen molar-refractivity contribution in [1.82, 2.24) is 14.9 Å². The number of hydrogen-bond acceptors (Lipinski definition) is 6. The number of hydrogen-bond donors (Lipinski definition) is 1. The van der Waals surface area contributed by atoms with E-state index in [-0.39, 0.29) is 10.8 Å². The van der Waals surface area contributed by atoms with Crippen molar-refractivity contribution in [2.24, 2.45) is 0 Å². The van der Waals surface area contributed by atoms with Gasteiger partial charge in [0, 0.05) is 42.6 Å². The maximum atomic E-state index is 12.1. The molecule has 0 aliphatic rings. The van der Waals surface area contributed by atoms with E-state index in [0.717, 1.165) is 16.6 Å². The van der Waals surface area contributed by atoms with Gasteiger partial charge in [0.25, 0.3) is 5.91 Å². The van der Waals surface area contributed by atoms with E-state index >= 15 is 0 Å². The van der Waals surface area contributed by atoms with Crippen LogP contribution in [0.25, 0.3) is 22.3 Å². The summed E-state index contributed by atoms with van der Waals surface area (Å²) in [6.07, 6.45) is 1.17. The van der Waals surface area contributed by atoms with Crippen LogP contribution in [0, 0.1) is 0 Å². The summed E-state index contributed by atoms with van der Waals surface area (Å²) >= 11 is 0. The van der Waals surface area contributed by atoms with E-state index in [1.165, 1.54) is 11.2 Å². The number of para-hydroxylation sites is 1. The van der Waals surface area contributed by atoms with Crippen LogP contribution in [-0.2, 0) is 9.84 Å². The van der Waals surface area contributed by atoms with E-state index in [0.29, 0.717) is 22.8 Å². The second-order valence-electron chi connectivity index (χ2n) is 7.61. The molecule has 1 aromatic heterocycles. The van der Waals surface area contributed by atoms with E-state index < -0.39 is 9.84 Å². The highest BCUT2D eigenvalue weighted by Gasteiger charge is 2.13. The molecule has 4 aromatic rings. The Hall–Kier alpha value is -3.78. The van der Waals surface area contributed by atoms with Crippen molar-refractivity contribution in [2.75, 3.05) is 25.7 Å². The first-order valence-corrected chi connectivity index (χ1v) is 11.8. The molecule has 32 heavy (non-hydrogen) atoms. The number of amides is 1. The van der Waals surface area contributed by atoms with Gasteiger partial charge in [-0.2, -0.15) is 0 Å². The van der Waals surface area contributed by atoms with Gasteiger partial charge in [-0.05, 0) is 60.7 Å². The van der Waals surface area contributed by atoms with Crippen LogP contribution in [-0.4, -0.2) is 49.5 Å². The summed E-state index contributed by atoms with van der Waals surface area (Å²) in [6, 6.07) is 21.3. The number of benzene rings is 3. The molecule has 7 nitrogen and oxygen atoms in total. The molecule has 3 aromatic carbocycles. The third-order valence-corrected chi connectivity index (χ3v) is 6.07. The van der Waals surface area contributed by atoms with Crippen LogP contribution in [0.3, 0.4) is 0 Å². The van der Waals surface area contributed by atoms with Crippen molar-refractivity contribution in [1.29, 1.82) is 0 Å². The third kappa shape index (κ3) is 4.45. The van der Waals surface area contributed by atoms with Crippen LogP contribution in [0.1, 0.15) is 10.4 Å². The Bertz CT molecular complexity index is 1400. The number of fused-ring (bicyclic) bond motifs is 1. The lowest BCUT2D eigenvalue weighted by atomic mass is 10.1. The molecule has 0 saturated heterocycles. The summed E-state index contributed by atoms with van der Waals surface area (Å²) in [5.74, 6) is 1.03. The van der Waals surface area contributed by atoms with Crippen LogP contribution >= 0.6 is 0 Å². The third-order valence-electron chi connectivity index (χ3n) is 4.94. The highest BCUT2D eigenvalue weighted by Crippen LogP contribution is 2.28. The summed E-state index contributed by atoms with van der Waals surface area (Å²) in [5, 5.41) is 4.16. The first-order valence-electron chi connectivity index (χ1n) is 9.88. The Labute approximate surface area is 186 Å². The topological polar surface area (TPSA) is 92.3 Å². The predicted octanol–water partition coefficient (Wildman–Crippen LogP) is 4.15. The molecule has 0 unspecified atom stereocenters. The fourth-order valence-corrected chi connectivity index (χ4v) is 3.87. The number of anilines is 2.